The molecule has 4 nitrogen and oxygen atoms in total. The van der Waals surface area contributed by atoms with E-state index in [0.717, 1.165) is 22.4 Å². The number of hydrogen-bond donors (Lipinski definition) is 2. The van der Waals surface area contributed by atoms with Crippen molar-refractivity contribution in [1.29, 1.82) is 0 Å². The van der Waals surface area contributed by atoms with Gasteiger partial charge in [0.05, 0.1) is 0 Å². The summed E-state index contributed by atoms with van der Waals surface area (Å²) in [6.07, 6.45) is 1.73. The third kappa shape index (κ3) is 5.24. The highest BCUT2D eigenvalue weighted by atomic mass is 16.5. The molecule has 0 radical (unpaired) electrons. The first-order chi connectivity index (χ1) is 16.4. The highest BCUT2D eigenvalue weighted by Crippen LogP contribution is 2.34. The lowest BCUT2D eigenvalue weighted by Crippen LogP contribution is -2.05. The van der Waals surface area contributed by atoms with Gasteiger partial charge in [0, 0.05) is 30.5 Å². The van der Waals surface area contributed by atoms with Gasteiger partial charge in [0.15, 0.2) is 0 Å². The summed E-state index contributed by atoms with van der Waals surface area (Å²) in [6, 6.07) is 25.8. The first kappa shape index (κ1) is 23.0. The molecule has 0 atom stereocenters. The van der Waals surface area contributed by atoms with E-state index in [2.05, 4.69) is 42.2 Å². The largest absolute Gasteiger partial charge is 0.507 e. The third-order valence-corrected chi connectivity index (χ3v) is 5.65. The molecule has 34 heavy (non-hydrogen) atoms. The van der Waals surface area contributed by atoms with Crippen molar-refractivity contribution in [3.8, 4) is 17.2 Å². The molecular formula is C30H29NO3. The minimum absolute atomic E-state index is 0.0765. The fourth-order valence-electron chi connectivity index (χ4n) is 3.73. The number of allylic oxidation sites excluding steroid dienone is 1. The SMILES string of the molecule is C=C(/C(=C\NC)Oc1cc(C)ccc1C)c1ccc(OCc2ccc3ccccc3c2)cc1O. The lowest BCUT2D eigenvalue weighted by molar-refractivity contribution is 0.304. The fourth-order valence-corrected chi connectivity index (χ4v) is 3.73. The Morgan fingerprint density at radius 1 is 0.941 bits per heavy atom. The van der Waals surface area contributed by atoms with Crippen LogP contribution in [-0.4, -0.2) is 12.2 Å². The number of fused-ring (bicyclic) bond motifs is 1. The van der Waals surface area contributed by atoms with Gasteiger partial charge in [0.1, 0.15) is 29.6 Å². The van der Waals surface area contributed by atoms with E-state index in [9.17, 15) is 5.11 Å². The molecule has 4 aromatic carbocycles. The molecule has 0 aliphatic rings. The van der Waals surface area contributed by atoms with E-state index in [1.165, 1.54) is 10.8 Å². The molecule has 0 saturated carbocycles. The van der Waals surface area contributed by atoms with Crippen LogP contribution in [0.4, 0.5) is 0 Å². The van der Waals surface area contributed by atoms with E-state index in [0.29, 0.717) is 29.3 Å². The van der Waals surface area contributed by atoms with Crippen LogP contribution >= 0.6 is 0 Å². The highest BCUT2D eigenvalue weighted by Gasteiger charge is 2.15. The molecule has 0 aromatic heterocycles. The maximum Gasteiger partial charge on any atom is 0.150 e. The van der Waals surface area contributed by atoms with Crippen LogP contribution in [0.3, 0.4) is 0 Å². The predicted octanol–water partition coefficient (Wildman–Crippen LogP) is 6.89. The van der Waals surface area contributed by atoms with Crippen LogP contribution < -0.4 is 14.8 Å². The van der Waals surface area contributed by atoms with Crippen LogP contribution in [-0.2, 0) is 6.61 Å². The maximum atomic E-state index is 10.7. The average Bonchev–Trinajstić information content (AvgIpc) is 2.84. The summed E-state index contributed by atoms with van der Waals surface area (Å²) >= 11 is 0. The van der Waals surface area contributed by atoms with Crippen molar-refractivity contribution in [2.24, 2.45) is 0 Å². The number of hydrogen-bond acceptors (Lipinski definition) is 4. The van der Waals surface area contributed by atoms with Gasteiger partial charge in [-0.2, -0.15) is 0 Å². The molecule has 172 valence electrons. The minimum atomic E-state index is 0.0765. The Kier molecular flexibility index (Phi) is 6.88. The molecule has 0 aliphatic carbocycles. The molecule has 2 N–H and O–H groups in total. The number of benzene rings is 4. The Balaban J connectivity index is 1.49. The van der Waals surface area contributed by atoms with Crippen molar-refractivity contribution < 1.29 is 14.6 Å². The van der Waals surface area contributed by atoms with Gasteiger partial charge < -0.3 is 19.9 Å². The van der Waals surface area contributed by atoms with Crippen LogP contribution in [0.1, 0.15) is 22.3 Å². The number of phenols is 1. The standard InChI is InChI=1S/C30H29NO3/c1-20-9-10-21(2)29(15-20)34-30(18-31-4)22(3)27-14-13-26(17-28(27)32)33-19-23-11-12-24-7-5-6-8-25(24)16-23/h5-18,31-32H,3,19H2,1-2,4H3/b30-18+. The van der Waals surface area contributed by atoms with Crippen LogP contribution in [0, 0.1) is 13.8 Å². The second-order valence-electron chi connectivity index (χ2n) is 8.30. The Bertz CT molecular complexity index is 1370. The normalized spacial score (nSPS) is 11.3. The lowest BCUT2D eigenvalue weighted by Gasteiger charge is -2.17. The van der Waals surface area contributed by atoms with E-state index in [4.69, 9.17) is 9.47 Å². The lowest BCUT2D eigenvalue weighted by atomic mass is 10.0. The number of nitrogens with one attached hydrogen (secondary N) is 1. The van der Waals surface area contributed by atoms with Crippen molar-refractivity contribution in [3.63, 3.8) is 0 Å². The fraction of sp³-hybridized carbons (Fsp3) is 0.133. The molecule has 0 spiro atoms. The summed E-state index contributed by atoms with van der Waals surface area (Å²) in [7, 11) is 1.79. The second-order valence-corrected chi connectivity index (χ2v) is 8.30. The van der Waals surface area contributed by atoms with Gasteiger partial charge in [-0.15, -0.1) is 0 Å². The van der Waals surface area contributed by atoms with Crippen LogP contribution in [0.15, 0.2) is 97.4 Å². The molecule has 0 amide bonds. The van der Waals surface area contributed by atoms with Gasteiger partial charge in [-0.05, 0) is 65.6 Å². The Hall–Kier alpha value is -4.18. The molecule has 0 unspecified atom stereocenters. The number of phenolic OH excluding ortho intramolecular Hbond substituents is 1. The summed E-state index contributed by atoms with van der Waals surface area (Å²) < 4.78 is 12.1. The van der Waals surface area contributed by atoms with Crippen molar-refractivity contribution in [3.05, 3.63) is 120 Å². The van der Waals surface area contributed by atoms with Gasteiger partial charge in [-0.3, -0.25) is 0 Å². The zero-order valence-corrected chi connectivity index (χ0v) is 19.8. The van der Waals surface area contributed by atoms with Gasteiger partial charge >= 0.3 is 0 Å². The minimum Gasteiger partial charge on any atom is -0.507 e. The molecule has 4 aromatic rings. The smallest absolute Gasteiger partial charge is 0.150 e. The van der Waals surface area contributed by atoms with Crippen LogP contribution in [0.2, 0.25) is 0 Å². The second kappa shape index (κ2) is 10.2. The first-order valence-corrected chi connectivity index (χ1v) is 11.2. The van der Waals surface area contributed by atoms with E-state index < -0.39 is 0 Å². The van der Waals surface area contributed by atoms with Crippen molar-refractivity contribution in [2.75, 3.05) is 7.05 Å². The average molecular weight is 452 g/mol. The number of ether oxygens (including phenoxy) is 2. The van der Waals surface area contributed by atoms with E-state index in [1.54, 1.807) is 25.4 Å². The summed E-state index contributed by atoms with van der Waals surface area (Å²) in [6.45, 7) is 8.59. The zero-order chi connectivity index (χ0) is 24.1. The summed E-state index contributed by atoms with van der Waals surface area (Å²) in [4.78, 5) is 0. The van der Waals surface area contributed by atoms with Crippen molar-refractivity contribution >= 4 is 16.3 Å². The van der Waals surface area contributed by atoms with E-state index in [-0.39, 0.29) is 5.75 Å². The summed E-state index contributed by atoms with van der Waals surface area (Å²) in [5, 5.41) is 16.1. The first-order valence-electron chi connectivity index (χ1n) is 11.2. The van der Waals surface area contributed by atoms with Crippen LogP contribution in [0.5, 0.6) is 17.2 Å². The van der Waals surface area contributed by atoms with Gasteiger partial charge in [0.2, 0.25) is 0 Å². The van der Waals surface area contributed by atoms with Crippen molar-refractivity contribution in [1.82, 2.24) is 5.32 Å². The summed E-state index contributed by atoms with van der Waals surface area (Å²) in [5.41, 5.74) is 4.32. The van der Waals surface area contributed by atoms with Crippen LogP contribution in [0.25, 0.3) is 16.3 Å². The molecule has 0 aliphatic heterocycles. The zero-order valence-electron chi connectivity index (χ0n) is 19.8. The Labute approximate surface area is 200 Å². The molecule has 4 rings (SSSR count). The Morgan fingerprint density at radius 2 is 1.74 bits per heavy atom. The number of aryl methyl sites for hydroxylation is 2. The van der Waals surface area contributed by atoms with Crippen molar-refractivity contribution in [2.45, 2.75) is 20.5 Å². The predicted molar refractivity (Wildman–Crippen MR) is 139 cm³/mol. The number of rotatable bonds is 8. The molecule has 0 saturated heterocycles. The molecule has 0 heterocycles. The number of aromatic hydroxyl groups is 1. The van der Waals surface area contributed by atoms with Gasteiger partial charge in [-0.1, -0.05) is 55.1 Å². The van der Waals surface area contributed by atoms with Gasteiger partial charge in [0.25, 0.3) is 0 Å². The topological polar surface area (TPSA) is 50.7 Å². The quantitative estimate of drug-likeness (QED) is 0.226. The Morgan fingerprint density at radius 3 is 2.50 bits per heavy atom. The molecule has 0 fully saturated rings. The molecular weight excluding hydrogens is 422 g/mol. The third-order valence-electron chi connectivity index (χ3n) is 5.65. The van der Waals surface area contributed by atoms with Gasteiger partial charge in [-0.25, -0.2) is 0 Å². The molecule has 0 bridgehead atoms. The monoisotopic (exact) mass is 451 g/mol. The maximum absolute atomic E-state index is 10.7. The molecule has 4 heteroatoms. The van der Waals surface area contributed by atoms with E-state index in [1.807, 2.05) is 50.2 Å². The highest BCUT2D eigenvalue weighted by molar-refractivity contribution is 5.83. The van der Waals surface area contributed by atoms with E-state index >= 15 is 0 Å². The summed E-state index contributed by atoms with van der Waals surface area (Å²) in [5.74, 6) is 1.93.